The van der Waals surface area contributed by atoms with E-state index in [1.165, 1.54) is 0 Å². The first kappa shape index (κ1) is 30.3. The number of anilines is 3. The van der Waals surface area contributed by atoms with Gasteiger partial charge < -0.3 is 30.5 Å². The molecule has 1 fully saturated rings. The van der Waals surface area contributed by atoms with Crippen LogP contribution in [0.3, 0.4) is 0 Å². The standard InChI is InChI=1S/C34H43N7O2/c1-40(2)17-7-10-33(42)41-18-13-26(25-41)11-15-36-29-20-27-21-30(23-29)38-34-37-16-12-32(39-34)28-8-6-9-31(22-28)43-19-5-3-4-14-35-24-27/h3-4,6-10,12,16,20-23,26,35-36H,5,11,13-15,17-19,24-25H2,1-2H3,(H,37,38,39)/b4-3+,10-7+. The molecule has 0 aliphatic carbocycles. The maximum atomic E-state index is 12.5. The quantitative estimate of drug-likeness (QED) is 0.263. The first-order valence-corrected chi connectivity index (χ1v) is 15.2. The van der Waals surface area contributed by atoms with E-state index in [1.807, 2.05) is 60.3 Å². The number of fused-ring (bicyclic) bond motifs is 7. The molecule has 5 rings (SSSR count). The summed E-state index contributed by atoms with van der Waals surface area (Å²) in [7, 11) is 4.00. The van der Waals surface area contributed by atoms with Crippen molar-refractivity contribution < 1.29 is 9.53 Å². The van der Waals surface area contributed by atoms with Crippen molar-refractivity contribution in [2.45, 2.75) is 25.8 Å². The number of ether oxygens (including phenoxy) is 1. The highest BCUT2D eigenvalue weighted by Gasteiger charge is 2.24. The molecule has 226 valence electrons. The lowest BCUT2D eigenvalue weighted by molar-refractivity contribution is -0.125. The smallest absolute Gasteiger partial charge is 0.246 e. The molecule has 1 unspecified atom stereocenters. The Morgan fingerprint density at radius 1 is 1.19 bits per heavy atom. The van der Waals surface area contributed by atoms with Crippen molar-refractivity contribution in [1.29, 1.82) is 0 Å². The number of aromatic nitrogens is 2. The van der Waals surface area contributed by atoms with E-state index in [1.54, 1.807) is 12.3 Å². The fraction of sp³-hybridized carbons (Fsp3) is 0.382. The minimum absolute atomic E-state index is 0.118. The second kappa shape index (κ2) is 15.3. The summed E-state index contributed by atoms with van der Waals surface area (Å²) in [5.74, 6) is 1.99. The number of amides is 1. The minimum Gasteiger partial charge on any atom is -0.493 e. The monoisotopic (exact) mass is 581 g/mol. The first-order valence-electron chi connectivity index (χ1n) is 15.2. The third-order valence-electron chi connectivity index (χ3n) is 7.56. The Morgan fingerprint density at radius 2 is 2.12 bits per heavy atom. The summed E-state index contributed by atoms with van der Waals surface area (Å²) < 4.78 is 5.95. The molecule has 2 aliphatic heterocycles. The van der Waals surface area contributed by atoms with E-state index in [9.17, 15) is 4.79 Å². The van der Waals surface area contributed by atoms with E-state index < -0.39 is 0 Å². The lowest BCUT2D eigenvalue weighted by atomic mass is 10.1. The van der Waals surface area contributed by atoms with Crippen LogP contribution in [0.25, 0.3) is 11.3 Å². The van der Waals surface area contributed by atoms with Crippen molar-refractivity contribution in [2.24, 2.45) is 5.92 Å². The Balaban J connectivity index is 1.25. The van der Waals surface area contributed by atoms with Gasteiger partial charge in [-0.25, -0.2) is 9.97 Å². The molecule has 2 aromatic carbocycles. The van der Waals surface area contributed by atoms with Crippen molar-refractivity contribution in [3.05, 3.63) is 84.6 Å². The van der Waals surface area contributed by atoms with Gasteiger partial charge in [-0.05, 0) is 81.2 Å². The van der Waals surface area contributed by atoms with E-state index in [4.69, 9.17) is 9.72 Å². The highest BCUT2D eigenvalue weighted by atomic mass is 16.5. The number of rotatable bonds is 7. The molecule has 3 aromatic rings. The number of nitrogens with zero attached hydrogens (tertiary/aromatic N) is 4. The van der Waals surface area contributed by atoms with Gasteiger partial charge in [-0.2, -0.15) is 0 Å². The van der Waals surface area contributed by atoms with Gasteiger partial charge in [0.05, 0.1) is 12.3 Å². The molecule has 6 bridgehead atoms. The van der Waals surface area contributed by atoms with Crippen LogP contribution in [0.5, 0.6) is 5.75 Å². The van der Waals surface area contributed by atoms with Gasteiger partial charge in [0.25, 0.3) is 0 Å². The van der Waals surface area contributed by atoms with E-state index in [-0.39, 0.29) is 5.91 Å². The molecule has 1 aromatic heterocycles. The van der Waals surface area contributed by atoms with Gasteiger partial charge in [-0.3, -0.25) is 4.79 Å². The van der Waals surface area contributed by atoms with Crippen LogP contribution in [0.4, 0.5) is 17.3 Å². The molecule has 1 amide bonds. The van der Waals surface area contributed by atoms with Crippen LogP contribution in [0.15, 0.2) is 79.0 Å². The largest absolute Gasteiger partial charge is 0.493 e. The third-order valence-corrected chi connectivity index (χ3v) is 7.56. The van der Waals surface area contributed by atoms with Gasteiger partial charge in [0, 0.05) is 68.5 Å². The number of likely N-dealkylation sites (N-methyl/N-ethyl adjacent to an activating group) is 1. The molecule has 0 spiro atoms. The summed E-state index contributed by atoms with van der Waals surface area (Å²) in [6.07, 6.45) is 12.6. The lowest BCUT2D eigenvalue weighted by Crippen LogP contribution is -2.27. The first-order chi connectivity index (χ1) is 21.0. The second-order valence-electron chi connectivity index (χ2n) is 11.4. The average Bonchev–Trinajstić information content (AvgIpc) is 3.47. The van der Waals surface area contributed by atoms with Crippen LogP contribution in [0.1, 0.15) is 24.8 Å². The van der Waals surface area contributed by atoms with Crippen molar-refractivity contribution in [1.82, 2.24) is 25.1 Å². The summed E-state index contributed by atoms with van der Waals surface area (Å²) in [5.41, 5.74) is 4.95. The Hall–Kier alpha value is -4.21. The SMILES string of the molecule is CN(C)C/C=C/C(=O)N1CCC(CCNc2cc3cc(c2)Nc2nccc(n2)-c2cccc(c2)OCC/C=C/CNC3)C1. The molecule has 9 nitrogen and oxygen atoms in total. The number of carbonyl (C=O) groups is 1. The van der Waals surface area contributed by atoms with Crippen molar-refractivity contribution >= 4 is 23.2 Å². The Morgan fingerprint density at radius 3 is 3.02 bits per heavy atom. The summed E-state index contributed by atoms with van der Waals surface area (Å²) in [6.45, 7) is 5.40. The van der Waals surface area contributed by atoms with E-state index in [0.29, 0.717) is 18.5 Å². The molecular weight excluding hydrogens is 538 g/mol. The van der Waals surface area contributed by atoms with Gasteiger partial charge in [0.2, 0.25) is 11.9 Å². The summed E-state index contributed by atoms with van der Waals surface area (Å²) in [6, 6.07) is 16.4. The topological polar surface area (TPSA) is 94.7 Å². The van der Waals surface area contributed by atoms with E-state index in [2.05, 4.69) is 51.3 Å². The number of hydrogen-bond donors (Lipinski definition) is 3. The number of likely N-dealkylation sites (tertiary alicyclic amines) is 1. The molecule has 43 heavy (non-hydrogen) atoms. The molecular formula is C34H43N7O2. The van der Waals surface area contributed by atoms with Crippen LogP contribution < -0.4 is 20.7 Å². The van der Waals surface area contributed by atoms with E-state index in [0.717, 1.165) is 92.5 Å². The van der Waals surface area contributed by atoms with Crippen LogP contribution in [-0.2, 0) is 11.3 Å². The van der Waals surface area contributed by atoms with Crippen LogP contribution in [0.2, 0.25) is 0 Å². The average molecular weight is 582 g/mol. The molecule has 3 N–H and O–H groups in total. The summed E-state index contributed by atoms with van der Waals surface area (Å²) >= 11 is 0. The van der Waals surface area contributed by atoms with Gasteiger partial charge >= 0.3 is 0 Å². The highest BCUT2D eigenvalue weighted by molar-refractivity contribution is 5.87. The Kier molecular flexibility index (Phi) is 10.8. The fourth-order valence-electron chi connectivity index (χ4n) is 5.33. The Bertz CT molecular complexity index is 1420. The molecule has 1 saturated heterocycles. The van der Waals surface area contributed by atoms with Crippen molar-refractivity contribution in [3.63, 3.8) is 0 Å². The zero-order chi connectivity index (χ0) is 29.9. The van der Waals surface area contributed by atoms with Crippen LogP contribution in [-0.4, -0.2) is 79.1 Å². The predicted octanol–water partition coefficient (Wildman–Crippen LogP) is 5.08. The number of benzene rings is 2. The molecule has 3 heterocycles. The van der Waals surface area contributed by atoms with Gasteiger partial charge in [0.1, 0.15) is 5.75 Å². The predicted molar refractivity (Wildman–Crippen MR) is 174 cm³/mol. The number of carbonyl (C=O) groups excluding carboxylic acids is 1. The maximum absolute atomic E-state index is 12.5. The molecule has 0 radical (unpaired) electrons. The van der Waals surface area contributed by atoms with Crippen LogP contribution >= 0.6 is 0 Å². The van der Waals surface area contributed by atoms with Gasteiger partial charge in [-0.1, -0.05) is 30.4 Å². The zero-order valence-electron chi connectivity index (χ0n) is 25.3. The molecule has 0 saturated carbocycles. The normalized spacial score (nSPS) is 18.0. The number of nitrogens with one attached hydrogen (secondary N) is 3. The summed E-state index contributed by atoms with van der Waals surface area (Å²) in [4.78, 5) is 25.8. The summed E-state index contributed by atoms with van der Waals surface area (Å²) in [5, 5.41) is 10.6. The third kappa shape index (κ3) is 9.39. The van der Waals surface area contributed by atoms with Crippen LogP contribution in [0, 0.1) is 5.92 Å². The lowest BCUT2D eigenvalue weighted by Gasteiger charge is -2.16. The highest BCUT2D eigenvalue weighted by Crippen LogP contribution is 2.26. The van der Waals surface area contributed by atoms with E-state index >= 15 is 0 Å². The number of hydrogen-bond acceptors (Lipinski definition) is 8. The van der Waals surface area contributed by atoms with Crippen molar-refractivity contribution in [3.8, 4) is 17.0 Å². The molecule has 2 aliphatic rings. The van der Waals surface area contributed by atoms with Crippen molar-refractivity contribution in [2.75, 3.05) is 64.1 Å². The van der Waals surface area contributed by atoms with Gasteiger partial charge in [-0.15, -0.1) is 0 Å². The van der Waals surface area contributed by atoms with Gasteiger partial charge in [0.15, 0.2) is 0 Å². The fourth-order valence-corrected chi connectivity index (χ4v) is 5.33. The molecule has 1 atom stereocenters. The Labute approximate surface area is 255 Å². The molecule has 9 heteroatoms. The minimum atomic E-state index is 0.118. The zero-order valence-corrected chi connectivity index (χ0v) is 25.3. The maximum Gasteiger partial charge on any atom is 0.246 e. The second-order valence-corrected chi connectivity index (χ2v) is 11.4.